The van der Waals surface area contributed by atoms with E-state index in [1.54, 1.807) is 11.3 Å². The average Bonchev–Trinajstić information content (AvgIpc) is 3.33. The lowest BCUT2D eigenvalue weighted by Crippen LogP contribution is -2.45. The SMILES string of the molecule is CCc1nc(CN2CCN(Cc3nc(-c4ccc(C)cc4)no3)CC2)cs1. The summed E-state index contributed by atoms with van der Waals surface area (Å²) in [6.07, 6.45) is 1.02. The fourth-order valence-corrected chi connectivity index (χ4v) is 3.98. The van der Waals surface area contributed by atoms with Gasteiger partial charge in [-0.2, -0.15) is 4.98 Å². The van der Waals surface area contributed by atoms with Gasteiger partial charge in [0.2, 0.25) is 11.7 Å². The fraction of sp³-hybridized carbons (Fsp3) is 0.450. The standard InChI is InChI=1S/C20H25N5OS/c1-3-19-21-17(14-27-19)12-24-8-10-25(11-9-24)13-18-22-20(23-26-18)16-6-4-15(2)5-7-16/h4-7,14H,3,8-13H2,1-2H3. The second kappa shape index (κ2) is 8.29. The van der Waals surface area contributed by atoms with Crippen molar-refractivity contribution < 1.29 is 4.52 Å². The molecule has 0 spiro atoms. The number of thiazole rings is 1. The number of hydrogen-bond donors (Lipinski definition) is 0. The monoisotopic (exact) mass is 383 g/mol. The van der Waals surface area contributed by atoms with Crippen LogP contribution in [0.1, 0.15) is 29.1 Å². The van der Waals surface area contributed by atoms with Gasteiger partial charge >= 0.3 is 0 Å². The van der Waals surface area contributed by atoms with Crippen molar-refractivity contribution in [2.75, 3.05) is 26.2 Å². The zero-order valence-corrected chi connectivity index (χ0v) is 16.7. The maximum Gasteiger partial charge on any atom is 0.241 e. The molecule has 1 saturated heterocycles. The maximum atomic E-state index is 5.46. The van der Waals surface area contributed by atoms with Crippen LogP contribution in [0.25, 0.3) is 11.4 Å². The van der Waals surface area contributed by atoms with Crippen LogP contribution in [0.4, 0.5) is 0 Å². The van der Waals surface area contributed by atoms with Crippen LogP contribution >= 0.6 is 11.3 Å². The third kappa shape index (κ3) is 4.61. The third-order valence-electron chi connectivity index (χ3n) is 4.89. The van der Waals surface area contributed by atoms with Gasteiger partial charge in [0, 0.05) is 43.7 Å². The quantitative estimate of drug-likeness (QED) is 0.650. The Hall–Kier alpha value is -2.09. The summed E-state index contributed by atoms with van der Waals surface area (Å²) < 4.78 is 5.46. The fourth-order valence-electron chi connectivity index (χ4n) is 3.25. The van der Waals surface area contributed by atoms with E-state index >= 15 is 0 Å². The van der Waals surface area contributed by atoms with Crippen LogP contribution in [-0.4, -0.2) is 51.1 Å². The van der Waals surface area contributed by atoms with Crippen molar-refractivity contribution in [3.8, 4) is 11.4 Å². The van der Waals surface area contributed by atoms with Gasteiger partial charge in [0.1, 0.15) is 0 Å². The van der Waals surface area contributed by atoms with Crippen LogP contribution in [0.2, 0.25) is 0 Å². The van der Waals surface area contributed by atoms with Gasteiger partial charge in [-0.15, -0.1) is 11.3 Å². The summed E-state index contributed by atoms with van der Waals surface area (Å²) in [6, 6.07) is 8.20. The van der Waals surface area contributed by atoms with Crippen LogP contribution in [0.3, 0.4) is 0 Å². The van der Waals surface area contributed by atoms with Crippen molar-refractivity contribution in [3.63, 3.8) is 0 Å². The molecule has 1 fully saturated rings. The molecule has 3 heterocycles. The minimum Gasteiger partial charge on any atom is -0.338 e. The van der Waals surface area contributed by atoms with Crippen LogP contribution in [0.15, 0.2) is 34.2 Å². The Morgan fingerprint density at radius 3 is 2.37 bits per heavy atom. The summed E-state index contributed by atoms with van der Waals surface area (Å²) in [5.41, 5.74) is 3.42. The molecule has 1 aromatic carbocycles. The molecule has 6 nitrogen and oxygen atoms in total. The van der Waals surface area contributed by atoms with E-state index in [1.807, 2.05) is 12.1 Å². The topological polar surface area (TPSA) is 58.3 Å². The smallest absolute Gasteiger partial charge is 0.241 e. The van der Waals surface area contributed by atoms with E-state index in [0.29, 0.717) is 18.3 Å². The largest absolute Gasteiger partial charge is 0.338 e. The van der Waals surface area contributed by atoms with Gasteiger partial charge in [-0.3, -0.25) is 9.80 Å². The van der Waals surface area contributed by atoms with Crippen molar-refractivity contribution in [1.29, 1.82) is 0 Å². The maximum absolute atomic E-state index is 5.46. The number of benzene rings is 1. The Morgan fingerprint density at radius 2 is 1.70 bits per heavy atom. The molecule has 1 aliphatic heterocycles. The molecule has 27 heavy (non-hydrogen) atoms. The highest BCUT2D eigenvalue weighted by molar-refractivity contribution is 7.09. The Labute approximate surface area is 163 Å². The first-order valence-electron chi connectivity index (χ1n) is 9.47. The lowest BCUT2D eigenvalue weighted by molar-refractivity contribution is 0.111. The van der Waals surface area contributed by atoms with E-state index in [0.717, 1.165) is 44.7 Å². The Bertz CT molecular complexity index is 865. The van der Waals surface area contributed by atoms with E-state index in [-0.39, 0.29) is 0 Å². The summed E-state index contributed by atoms with van der Waals surface area (Å²) in [6.45, 7) is 9.98. The van der Waals surface area contributed by atoms with Crippen molar-refractivity contribution in [2.24, 2.45) is 0 Å². The predicted octanol–water partition coefficient (Wildman–Crippen LogP) is 3.38. The molecule has 0 bridgehead atoms. The zero-order valence-electron chi connectivity index (χ0n) is 15.9. The Balaban J connectivity index is 1.28. The van der Waals surface area contributed by atoms with Gasteiger partial charge in [-0.05, 0) is 13.3 Å². The minimum atomic E-state index is 0.666. The number of aromatic nitrogens is 3. The van der Waals surface area contributed by atoms with Crippen LogP contribution in [0.5, 0.6) is 0 Å². The van der Waals surface area contributed by atoms with Gasteiger partial charge in [-0.1, -0.05) is 41.9 Å². The third-order valence-corrected chi connectivity index (χ3v) is 5.93. The van der Waals surface area contributed by atoms with E-state index in [4.69, 9.17) is 4.52 Å². The van der Waals surface area contributed by atoms with E-state index < -0.39 is 0 Å². The number of piperazine rings is 1. The van der Waals surface area contributed by atoms with Gasteiger partial charge in [0.05, 0.1) is 17.2 Å². The normalized spacial score (nSPS) is 16.1. The summed E-state index contributed by atoms with van der Waals surface area (Å²) >= 11 is 1.77. The van der Waals surface area contributed by atoms with Crippen LogP contribution in [-0.2, 0) is 19.5 Å². The van der Waals surface area contributed by atoms with Gasteiger partial charge in [-0.25, -0.2) is 4.98 Å². The lowest BCUT2D eigenvalue weighted by atomic mass is 10.1. The first kappa shape index (κ1) is 18.3. The molecule has 4 rings (SSSR count). The summed E-state index contributed by atoms with van der Waals surface area (Å²) in [5, 5.41) is 7.55. The summed E-state index contributed by atoms with van der Waals surface area (Å²) in [7, 11) is 0. The Kier molecular flexibility index (Phi) is 5.61. The molecule has 0 N–H and O–H groups in total. The molecule has 3 aromatic rings. The zero-order chi connectivity index (χ0) is 18.6. The lowest BCUT2D eigenvalue weighted by Gasteiger charge is -2.33. The first-order valence-corrected chi connectivity index (χ1v) is 10.3. The average molecular weight is 384 g/mol. The molecule has 0 radical (unpaired) electrons. The Morgan fingerprint density at radius 1 is 1.00 bits per heavy atom. The predicted molar refractivity (Wildman–Crippen MR) is 107 cm³/mol. The highest BCUT2D eigenvalue weighted by Crippen LogP contribution is 2.18. The molecule has 7 heteroatoms. The van der Waals surface area contributed by atoms with Gasteiger partial charge < -0.3 is 4.52 Å². The van der Waals surface area contributed by atoms with Gasteiger partial charge in [0.15, 0.2) is 0 Å². The summed E-state index contributed by atoms with van der Waals surface area (Å²) in [4.78, 5) is 14.1. The minimum absolute atomic E-state index is 0.666. The van der Waals surface area contributed by atoms with E-state index in [2.05, 4.69) is 56.3 Å². The van der Waals surface area contributed by atoms with E-state index in [1.165, 1.54) is 16.3 Å². The number of nitrogens with zero attached hydrogens (tertiary/aromatic N) is 5. The van der Waals surface area contributed by atoms with Crippen molar-refractivity contribution in [3.05, 3.63) is 51.8 Å². The highest BCUT2D eigenvalue weighted by Gasteiger charge is 2.20. The molecule has 0 atom stereocenters. The molecule has 0 saturated carbocycles. The second-order valence-electron chi connectivity index (χ2n) is 7.02. The van der Waals surface area contributed by atoms with Crippen LogP contribution < -0.4 is 0 Å². The number of rotatable bonds is 6. The van der Waals surface area contributed by atoms with Crippen LogP contribution in [0, 0.1) is 6.92 Å². The molecule has 142 valence electrons. The first-order chi connectivity index (χ1) is 13.2. The van der Waals surface area contributed by atoms with Gasteiger partial charge in [0.25, 0.3) is 0 Å². The molecule has 0 unspecified atom stereocenters. The van der Waals surface area contributed by atoms with Crippen molar-refractivity contribution >= 4 is 11.3 Å². The molecular weight excluding hydrogens is 358 g/mol. The number of hydrogen-bond acceptors (Lipinski definition) is 7. The molecule has 1 aliphatic rings. The second-order valence-corrected chi connectivity index (χ2v) is 7.96. The summed E-state index contributed by atoms with van der Waals surface area (Å²) in [5.74, 6) is 1.35. The molecule has 0 aliphatic carbocycles. The molecule has 2 aromatic heterocycles. The van der Waals surface area contributed by atoms with Crippen molar-refractivity contribution in [1.82, 2.24) is 24.9 Å². The molecule has 0 amide bonds. The van der Waals surface area contributed by atoms with Crippen molar-refractivity contribution in [2.45, 2.75) is 33.4 Å². The molecular formula is C20H25N5OS. The highest BCUT2D eigenvalue weighted by atomic mass is 32.1. The van der Waals surface area contributed by atoms with E-state index in [9.17, 15) is 0 Å². The number of aryl methyl sites for hydroxylation is 2.